The lowest BCUT2D eigenvalue weighted by Gasteiger charge is -2.00. The van der Waals surface area contributed by atoms with Crippen LogP contribution in [0, 0.1) is 18.3 Å². The number of thiazole rings is 1. The van der Waals surface area contributed by atoms with Crippen LogP contribution in [0.2, 0.25) is 5.02 Å². The molecule has 2 heterocycles. The minimum Gasteiger partial charge on any atom is -0.279 e. The number of aromatic nitrogens is 3. The van der Waals surface area contributed by atoms with Crippen LogP contribution in [0.1, 0.15) is 26.7 Å². The number of aliphatic imine (C=N–C) groups is 1. The number of aromatic amines is 1. The summed E-state index contributed by atoms with van der Waals surface area (Å²) >= 11 is 7.53. The van der Waals surface area contributed by atoms with E-state index in [1.807, 2.05) is 31.2 Å². The molecule has 5 nitrogen and oxygen atoms in total. The largest absolute Gasteiger partial charge is 0.279 e. The fraction of sp³-hybridized carbons (Fsp3) is 0.125. The molecule has 3 aromatic rings. The highest BCUT2D eigenvalue weighted by molar-refractivity contribution is 7.13. The molecule has 0 aliphatic rings. The zero-order valence-corrected chi connectivity index (χ0v) is 13.8. The molecule has 0 aliphatic heterocycles. The van der Waals surface area contributed by atoms with Crippen LogP contribution in [-0.2, 0) is 6.42 Å². The molecule has 0 radical (unpaired) electrons. The van der Waals surface area contributed by atoms with E-state index in [2.05, 4.69) is 26.2 Å². The van der Waals surface area contributed by atoms with Crippen LogP contribution in [0.25, 0.3) is 0 Å². The van der Waals surface area contributed by atoms with Crippen LogP contribution in [0.5, 0.6) is 0 Å². The smallest absolute Gasteiger partial charge is 0.191 e. The van der Waals surface area contributed by atoms with Gasteiger partial charge >= 0.3 is 0 Å². The molecule has 0 spiro atoms. The van der Waals surface area contributed by atoms with Gasteiger partial charge in [-0.2, -0.15) is 10.4 Å². The van der Waals surface area contributed by atoms with E-state index in [-0.39, 0.29) is 0 Å². The Kier molecular flexibility index (Phi) is 4.51. The summed E-state index contributed by atoms with van der Waals surface area (Å²) in [6, 6.07) is 9.69. The highest BCUT2D eigenvalue weighted by Crippen LogP contribution is 2.22. The van der Waals surface area contributed by atoms with Gasteiger partial charge in [0.1, 0.15) is 11.6 Å². The topological polar surface area (TPSA) is 77.7 Å². The predicted molar refractivity (Wildman–Crippen MR) is 91.7 cm³/mol. The van der Waals surface area contributed by atoms with Crippen molar-refractivity contribution in [2.75, 3.05) is 0 Å². The first-order valence-corrected chi connectivity index (χ1v) is 8.03. The minimum atomic E-state index is 0.385. The first kappa shape index (κ1) is 15.4. The Labute approximate surface area is 142 Å². The molecular weight excluding hydrogens is 330 g/mol. The van der Waals surface area contributed by atoms with E-state index >= 15 is 0 Å². The lowest BCUT2D eigenvalue weighted by molar-refractivity contribution is 0.993. The van der Waals surface area contributed by atoms with Crippen molar-refractivity contribution in [2.45, 2.75) is 13.3 Å². The van der Waals surface area contributed by atoms with Gasteiger partial charge in [0.15, 0.2) is 5.82 Å². The first-order valence-electron chi connectivity index (χ1n) is 6.84. The van der Waals surface area contributed by atoms with E-state index in [1.165, 1.54) is 11.3 Å². The van der Waals surface area contributed by atoms with Crippen LogP contribution in [0.15, 0.2) is 35.5 Å². The Hall–Kier alpha value is -2.49. The molecule has 0 unspecified atom stereocenters. The van der Waals surface area contributed by atoms with Crippen molar-refractivity contribution in [1.29, 1.82) is 5.26 Å². The fourth-order valence-corrected chi connectivity index (χ4v) is 2.99. The van der Waals surface area contributed by atoms with Crippen LogP contribution in [0.4, 0.5) is 5.82 Å². The third-order valence-corrected chi connectivity index (χ3v) is 4.24. The molecule has 2 aromatic heterocycles. The Morgan fingerprint density at radius 3 is 3.04 bits per heavy atom. The maximum Gasteiger partial charge on any atom is 0.191 e. The summed E-state index contributed by atoms with van der Waals surface area (Å²) in [6.45, 7) is 1.93. The maximum atomic E-state index is 9.40. The van der Waals surface area contributed by atoms with Gasteiger partial charge < -0.3 is 0 Å². The van der Waals surface area contributed by atoms with E-state index in [0.29, 0.717) is 22.8 Å². The molecular formula is C16H12ClN5S. The molecule has 0 aliphatic carbocycles. The number of nitrogens with zero attached hydrogens (tertiary/aromatic N) is 4. The van der Waals surface area contributed by atoms with Gasteiger partial charge in [0.25, 0.3) is 0 Å². The molecule has 114 valence electrons. The monoisotopic (exact) mass is 341 g/mol. The fourth-order valence-electron chi connectivity index (χ4n) is 2.12. The predicted octanol–water partition coefficient (Wildman–Crippen LogP) is 4.04. The van der Waals surface area contributed by atoms with Gasteiger partial charge in [-0.15, -0.1) is 11.3 Å². The molecule has 1 aromatic carbocycles. The van der Waals surface area contributed by atoms with Crippen molar-refractivity contribution in [2.24, 2.45) is 4.99 Å². The Morgan fingerprint density at radius 1 is 1.48 bits per heavy atom. The van der Waals surface area contributed by atoms with E-state index < -0.39 is 0 Å². The molecule has 1 N–H and O–H groups in total. The standard InChI is InChI=1S/C16H12ClN5S/c1-10-19-8-13(23-10)9-20-16-14(7-18)15(21-22-16)6-11-3-2-4-12(17)5-11/h2-5,8-9H,6H2,1H3,(H,21,22). The number of nitriles is 1. The molecule has 7 heteroatoms. The highest BCUT2D eigenvalue weighted by atomic mass is 35.5. The number of hydrogen-bond donors (Lipinski definition) is 1. The number of aryl methyl sites for hydroxylation is 1. The summed E-state index contributed by atoms with van der Waals surface area (Å²) in [5, 5.41) is 18.1. The van der Waals surface area contributed by atoms with Gasteiger partial charge in [-0.25, -0.2) is 9.98 Å². The third-order valence-electron chi connectivity index (χ3n) is 3.16. The van der Waals surface area contributed by atoms with Gasteiger partial charge in [0.2, 0.25) is 0 Å². The Bertz CT molecular complexity index is 903. The summed E-state index contributed by atoms with van der Waals surface area (Å²) in [4.78, 5) is 9.38. The summed E-state index contributed by atoms with van der Waals surface area (Å²) < 4.78 is 0. The first-order chi connectivity index (χ1) is 11.2. The van der Waals surface area contributed by atoms with Gasteiger partial charge in [-0.05, 0) is 24.6 Å². The van der Waals surface area contributed by atoms with Crippen molar-refractivity contribution in [3.05, 3.63) is 62.2 Å². The summed E-state index contributed by atoms with van der Waals surface area (Å²) in [5.74, 6) is 0.385. The normalized spacial score (nSPS) is 11.0. The van der Waals surface area contributed by atoms with Crippen molar-refractivity contribution in [3.63, 3.8) is 0 Å². The SMILES string of the molecule is Cc1ncc(C=Nc2n[nH]c(Cc3cccc(Cl)c3)c2C#N)s1. The zero-order valence-electron chi connectivity index (χ0n) is 12.2. The second-order valence-corrected chi connectivity index (χ2v) is 6.56. The molecule has 23 heavy (non-hydrogen) atoms. The lowest BCUT2D eigenvalue weighted by atomic mass is 10.1. The van der Waals surface area contributed by atoms with Crippen LogP contribution >= 0.6 is 22.9 Å². The quantitative estimate of drug-likeness (QED) is 0.727. The second kappa shape index (κ2) is 6.73. The second-order valence-electron chi connectivity index (χ2n) is 4.86. The van der Waals surface area contributed by atoms with E-state index in [0.717, 1.165) is 21.1 Å². The highest BCUT2D eigenvalue weighted by Gasteiger charge is 2.12. The number of halogens is 1. The lowest BCUT2D eigenvalue weighted by Crippen LogP contribution is -1.91. The van der Waals surface area contributed by atoms with Gasteiger partial charge in [-0.3, -0.25) is 5.10 Å². The van der Waals surface area contributed by atoms with Crippen LogP contribution in [0.3, 0.4) is 0 Å². The van der Waals surface area contributed by atoms with Gasteiger partial charge in [-0.1, -0.05) is 23.7 Å². The Balaban J connectivity index is 1.85. The average molecular weight is 342 g/mol. The number of hydrogen-bond acceptors (Lipinski definition) is 5. The molecule has 0 atom stereocenters. The van der Waals surface area contributed by atoms with Gasteiger partial charge in [0.05, 0.1) is 15.6 Å². The molecule has 0 saturated carbocycles. The molecule has 0 saturated heterocycles. The van der Waals surface area contributed by atoms with Crippen molar-refractivity contribution in [3.8, 4) is 6.07 Å². The summed E-state index contributed by atoms with van der Waals surface area (Å²) in [6.07, 6.45) is 3.96. The van der Waals surface area contributed by atoms with Crippen molar-refractivity contribution in [1.82, 2.24) is 15.2 Å². The maximum absolute atomic E-state index is 9.40. The van der Waals surface area contributed by atoms with Crippen molar-refractivity contribution >= 4 is 35.0 Å². The van der Waals surface area contributed by atoms with E-state index in [9.17, 15) is 5.26 Å². The van der Waals surface area contributed by atoms with Gasteiger partial charge in [0, 0.05) is 23.9 Å². The number of benzene rings is 1. The molecule has 3 rings (SSSR count). The molecule has 0 amide bonds. The molecule has 0 bridgehead atoms. The number of H-pyrrole nitrogens is 1. The van der Waals surface area contributed by atoms with E-state index in [4.69, 9.17) is 11.6 Å². The third kappa shape index (κ3) is 3.65. The molecule has 0 fully saturated rings. The van der Waals surface area contributed by atoms with Crippen molar-refractivity contribution < 1.29 is 0 Å². The zero-order chi connectivity index (χ0) is 16.2. The average Bonchev–Trinajstić information content (AvgIpc) is 3.11. The summed E-state index contributed by atoms with van der Waals surface area (Å²) in [5.41, 5.74) is 2.18. The number of nitrogens with one attached hydrogen (secondary N) is 1. The van der Waals surface area contributed by atoms with E-state index in [1.54, 1.807) is 12.4 Å². The minimum absolute atomic E-state index is 0.385. The Morgan fingerprint density at radius 2 is 2.35 bits per heavy atom. The summed E-state index contributed by atoms with van der Waals surface area (Å²) in [7, 11) is 0. The number of rotatable bonds is 4. The van der Waals surface area contributed by atoms with Crippen LogP contribution in [-0.4, -0.2) is 21.4 Å². The van der Waals surface area contributed by atoms with Crippen LogP contribution < -0.4 is 0 Å².